The van der Waals surface area contributed by atoms with Crippen molar-refractivity contribution in [3.05, 3.63) is 11.4 Å². The highest BCUT2D eigenvalue weighted by Crippen LogP contribution is 2.73. The smallest absolute Gasteiger partial charge is 0.353 e. The van der Waals surface area contributed by atoms with Gasteiger partial charge >= 0.3 is 7.60 Å². The van der Waals surface area contributed by atoms with E-state index < -0.39 is 7.60 Å². The number of nitrogens with one attached hydrogen (secondary N) is 1. The number of piperidine rings is 1. The third-order valence-electron chi connectivity index (χ3n) is 8.63. The summed E-state index contributed by atoms with van der Waals surface area (Å²) in [5.74, 6) is 1.94. The summed E-state index contributed by atoms with van der Waals surface area (Å²) in [6, 6.07) is 0.317. The molecule has 0 bridgehead atoms. The van der Waals surface area contributed by atoms with Crippen LogP contribution < -0.4 is 5.32 Å². The molecule has 0 aromatic carbocycles. The highest BCUT2D eigenvalue weighted by atomic mass is 31.2. The molecule has 1 amide bonds. The zero-order valence-corrected chi connectivity index (χ0v) is 20.5. The van der Waals surface area contributed by atoms with E-state index in [1.54, 1.807) is 0 Å². The van der Waals surface area contributed by atoms with Crippen molar-refractivity contribution < 1.29 is 18.4 Å². The number of carbonyl (C=O) groups is 1. The van der Waals surface area contributed by atoms with E-state index in [2.05, 4.69) is 25.2 Å². The molecule has 0 aromatic heterocycles. The number of hydrogen-bond donors (Lipinski definition) is 1. The number of allylic oxidation sites excluding steroid dienone is 2. The Morgan fingerprint density at radius 2 is 1.70 bits per heavy atom. The molecule has 5 nitrogen and oxygen atoms in total. The van der Waals surface area contributed by atoms with Gasteiger partial charge in [-0.3, -0.25) is 9.36 Å². The van der Waals surface area contributed by atoms with Crippen LogP contribution in [0.15, 0.2) is 11.4 Å². The summed E-state index contributed by atoms with van der Waals surface area (Å²) < 4.78 is 26.1. The summed E-state index contributed by atoms with van der Waals surface area (Å²) in [5, 5.41) is 4.24. The highest BCUT2D eigenvalue weighted by Gasteiger charge is 2.61. The predicted octanol–water partition coefficient (Wildman–Crippen LogP) is 6.04. The van der Waals surface area contributed by atoms with Crippen LogP contribution in [0.3, 0.4) is 0 Å². The van der Waals surface area contributed by atoms with Crippen LogP contribution in [0.5, 0.6) is 0 Å². The standard InChI is InChI=1S/C24H40NO4P/c1-15(2)28-30(27,29-16(3)4)21-10-8-18-17-7-9-20-23(5,14-12-22(26)25-20)19(17)11-13-24(18,21)6/h10,15-20H,7-9,11-14H2,1-6H3,(H,25,26)/t17-,18-,19-,20+,23+,24-/m0/s1. The molecule has 4 aliphatic rings. The van der Waals surface area contributed by atoms with Crippen molar-refractivity contribution in [1.82, 2.24) is 5.32 Å². The van der Waals surface area contributed by atoms with Crippen LogP contribution in [0.1, 0.15) is 86.5 Å². The van der Waals surface area contributed by atoms with Gasteiger partial charge in [0, 0.05) is 23.2 Å². The Bertz CT molecular complexity index is 763. The van der Waals surface area contributed by atoms with Crippen molar-refractivity contribution in [2.24, 2.45) is 28.6 Å². The summed E-state index contributed by atoms with van der Waals surface area (Å²) in [7, 11) is -3.33. The number of carbonyl (C=O) groups excluding carboxylic acids is 1. The first-order valence-electron chi connectivity index (χ1n) is 12.0. The lowest BCUT2D eigenvalue weighted by atomic mass is 9.47. The molecule has 1 N–H and O–H groups in total. The molecular formula is C24H40NO4P. The zero-order chi connectivity index (χ0) is 21.9. The number of amides is 1. The zero-order valence-electron chi connectivity index (χ0n) is 19.6. The first kappa shape index (κ1) is 22.6. The summed E-state index contributed by atoms with van der Waals surface area (Å²) in [5.41, 5.74) is 0.0645. The molecule has 0 spiro atoms. The monoisotopic (exact) mass is 437 g/mol. The number of fused-ring (bicyclic) bond motifs is 5. The minimum atomic E-state index is -3.33. The molecule has 6 atom stereocenters. The second kappa shape index (κ2) is 7.74. The second-order valence-corrected chi connectivity index (χ2v) is 13.1. The third-order valence-corrected chi connectivity index (χ3v) is 11.3. The Morgan fingerprint density at radius 3 is 2.33 bits per heavy atom. The van der Waals surface area contributed by atoms with Crippen LogP contribution in [0, 0.1) is 28.6 Å². The molecule has 0 aromatic rings. The van der Waals surface area contributed by atoms with Gasteiger partial charge < -0.3 is 14.4 Å². The SMILES string of the molecule is CC(C)OP(=O)(OC(C)C)C1=CC[C@H]2[C@@H]3CC[C@H]4NC(=O)CC[C@]4(C)[C@H]3CC[C@]12C. The molecule has 1 saturated heterocycles. The van der Waals surface area contributed by atoms with Crippen molar-refractivity contribution in [2.75, 3.05) is 0 Å². The average Bonchev–Trinajstić information content (AvgIpc) is 2.99. The van der Waals surface area contributed by atoms with E-state index in [1.807, 2.05) is 27.7 Å². The first-order valence-corrected chi connectivity index (χ1v) is 13.5. The Kier molecular flexibility index (Phi) is 5.82. The van der Waals surface area contributed by atoms with Gasteiger partial charge in [-0.05, 0) is 89.4 Å². The lowest BCUT2D eigenvalue weighted by Gasteiger charge is -2.60. The van der Waals surface area contributed by atoms with Gasteiger partial charge in [0.05, 0.1) is 12.2 Å². The molecular weight excluding hydrogens is 397 g/mol. The summed E-state index contributed by atoms with van der Waals surface area (Å²) in [6.45, 7) is 12.5. The maximum atomic E-state index is 14.0. The van der Waals surface area contributed by atoms with Crippen LogP contribution in [0.2, 0.25) is 0 Å². The molecule has 0 radical (unpaired) electrons. The molecule has 6 heteroatoms. The Balaban J connectivity index is 1.62. The largest absolute Gasteiger partial charge is 0.358 e. The summed E-state index contributed by atoms with van der Waals surface area (Å²) in [4.78, 5) is 12.0. The van der Waals surface area contributed by atoms with Crippen molar-refractivity contribution >= 4 is 13.5 Å². The van der Waals surface area contributed by atoms with E-state index in [9.17, 15) is 9.36 Å². The highest BCUT2D eigenvalue weighted by molar-refractivity contribution is 7.58. The molecule has 4 rings (SSSR count). The van der Waals surface area contributed by atoms with E-state index in [0.717, 1.165) is 43.8 Å². The lowest BCUT2D eigenvalue weighted by molar-refractivity contribution is -0.135. The number of hydrogen-bond acceptors (Lipinski definition) is 4. The fraction of sp³-hybridized carbons (Fsp3) is 0.875. The molecule has 2 saturated carbocycles. The van der Waals surface area contributed by atoms with Crippen LogP contribution in [0.4, 0.5) is 0 Å². The molecule has 3 fully saturated rings. The normalized spacial score (nSPS) is 41.2. The third kappa shape index (κ3) is 3.53. The topological polar surface area (TPSA) is 64.6 Å². The van der Waals surface area contributed by atoms with Gasteiger partial charge in [0.1, 0.15) is 0 Å². The van der Waals surface area contributed by atoms with E-state index in [1.165, 1.54) is 0 Å². The van der Waals surface area contributed by atoms with Crippen molar-refractivity contribution in [3.63, 3.8) is 0 Å². The van der Waals surface area contributed by atoms with Gasteiger partial charge in [-0.15, -0.1) is 0 Å². The molecule has 1 heterocycles. The maximum Gasteiger partial charge on any atom is 0.358 e. The molecule has 3 aliphatic carbocycles. The Morgan fingerprint density at radius 1 is 1.03 bits per heavy atom. The van der Waals surface area contributed by atoms with Gasteiger partial charge in [0.2, 0.25) is 5.91 Å². The Hall–Kier alpha value is -0.640. The van der Waals surface area contributed by atoms with Crippen LogP contribution in [-0.2, 0) is 18.4 Å². The molecule has 0 unspecified atom stereocenters. The fourth-order valence-corrected chi connectivity index (χ4v) is 9.98. The first-order chi connectivity index (χ1) is 14.0. The molecule has 1 aliphatic heterocycles. The summed E-state index contributed by atoms with van der Waals surface area (Å²) in [6.07, 6.45) is 8.89. The lowest BCUT2D eigenvalue weighted by Crippen LogP contribution is -2.60. The predicted molar refractivity (Wildman–Crippen MR) is 119 cm³/mol. The fourth-order valence-electron chi connectivity index (χ4n) is 7.36. The van der Waals surface area contributed by atoms with Crippen LogP contribution in [0.25, 0.3) is 0 Å². The minimum Gasteiger partial charge on any atom is -0.353 e. The van der Waals surface area contributed by atoms with Crippen molar-refractivity contribution in [1.29, 1.82) is 0 Å². The quantitative estimate of drug-likeness (QED) is 0.532. The van der Waals surface area contributed by atoms with Gasteiger partial charge in [0.15, 0.2) is 0 Å². The van der Waals surface area contributed by atoms with Crippen LogP contribution in [-0.4, -0.2) is 24.2 Å². The average molecular weight is 438 g/mol. The maximum absolute atomic E-state index is 14.0. The molecule has 170 valence electrons. The Labute approximate surface area is 182 Å². The van der Waals surface area contributed by atoms with E-state index in [-0.39, 0.29) is 28.9 Å². The minimum absolute atomic E-state index is 0.123. The van der Waals surface area contributed by atoms with Gasteiger partial charge in [-0.2, -0.15) is 0 Å². The van der Waals surface area contributed by atoms with Crippen molar-refractivity contribution in [3.8, 4) is 0 Å². The van der Waals surface area contributed by atoms with Gasteiger partial charge in [0.25, 0.3) is 0 Å². The van der Waals surface area contributed by atoms with E-state index >= 15 is 0 Å². The van der Waals surface area contributed by atoms with E-state index in [4.69, 9.17) is 9.05 Å². The van der Waals surface area contributed by atoms with Gasteiger partial charge in [-0.1, -0.05) is 19.9 Å². The number of rotatable bonds is 5. The van der Waals surface area contributed by atoms with Gasteiger partial charge in [-0.25, -0.2) is 0 Å². The molecule has 30 heavy (non-hydrogen) atoms. The summed E-state index contributed by atoms with van der Waals surface area (Å²) >= 11 is 0. The van der Waals surface area contributed by atoms with E-state index in [0.29, 0.717) is 30.2 Å². The second-order valence-electron chi connectivity index (χ2n) is 11.2. The van der Waals surface area contributed by atoms with Crippen molar-refractivity contribution in [2.45, 2.75) is 105 Å². The van der Waals surface area contributed by atoms with Crippen LogP contribution >= 0.6 is 7.60 Å².